The number of hydrogen-bond acceptors (Lipinski definition) is 4. The van der Waals surface area contributed by atoms with Crippen molar-refractivity contribution in [3.05, 3.63) is 23.8 Å². The molecule has 82 valence electrons. The molecule has 1 atom stereocenters. The molecule has 0 aromatic heterocycles. The van der Waals surface area contributed by atoms with Crippen molar-refractivity contribution in [1.29, 1.82) is 0 Å². The SMILES string of the molecule is CCC(Cc1ccc2c(c1)OCO2)NN. The summed E-state index contributed by atoms with van der Waals surface area (Å²) in [6, 6.07) is 6.32. The highest BCUT2D eigenvalue weighted by Crippen LogP contribution is 2.32. The van der Waals surface area contributed by atoms with E-state index in [1.54, 1.807) is 0 Å². The molecule has 0 saturated carbocycles. The van der Waals surface area contributed by atoms with E-state index in [-0.39, 0.29) is 0 Å². The second-order valence-electron chi connectivity index (χ2n) is 3.66. The van der Waals surface area contributed by atoms with Crippen LogP contribution in [0.1, 0.15) is 18.9 Å². The lowest BCUT2D eigenvalue weighted by molar-refractivity contribution is 0.174. The second-order valence-corrected chi connectivity index (χ2v) is 3.66. The van der Waals surface area contributed by atoms with Crippen molar-refractivity contribution in [3.8, 4) is 11.5 Å². The molecular weight excluding hydrogens is 192 g/mol. The van der Waals surface area contributed by atoms with Gasteiger partial charge in [-0.15, -0.1) is 0 Å². The fourth-order valence-corrected chi connectivity index (χ4v) is 1.67. The van der Waals surface area contributed by atoms with E-state index in [0.717, 1.165) is 24.3 Å². The predicted octanol–water partition coefficient (Wildman–Crippen LogP) is 1.20. The van der Waals surface area contributed by atoms with Crippen molar-refractivity contribution in [3.63, 3.8) is 0 Å². The standard InChI is InChI=1S/C11H16N2O2/c1-2-9(13-12)5-8-3-4-10-11(6-8)15-7-14-10/h3-4,6,9,13H,2,5,7,12H2,1H3. The van der Waals surface area contributed by atoms with Gasteiger partial charge in [-0.2, -0.15) is 0 Å². The van der Waals surface area contributed by atoms with Gasteiger partial charge in [-0.1, -0.05) is 13.0 Å². The molecule has 15 heavy (non-hydrogen) atoms. The highest BCUT2D eigenvalue weighted by atomic mass is 16.7. The summed E-state index contributed by atoms with van der Waals surface area (Å²) in [4.78, 5) is 0. The smallest absolute Gasteiger partial charge is 0.231 e. The normalized spacial score (nSPS) is 15.3. The van der Waals surface area contributed by atoms with E-state index >= 15 is 0 Å². The zero-order valence-electron chi connectivity index (χ0n) is 8.82. The highest BCUT2D eigenvalue weighted by molar-refractivity contribution is 5.44. The van der Waals surface area contributed by atoms with E-state index in [0.29, 0.717) is 12.8 Å². The van der Waals surface area contributed by atoms with Gasteiger partial charge in [0.2, 0.25) is 6.79 Å². The molecular formula is C11H16N2O2. The Labute approximate surface area is 89.3 Å². The lowest BCUT2D eigenvalue weighted by Crippen LogP contribution is -2.36. The lowest BCUT2D eigenvalue weighted by atomic mass is 10.0. The summed E-state index contributed by atoms with van der Waals surface area (Å²) in [6.07, 6.45) is 1.91. The summed E-state index contributed by atoms with van der Waals surface area (Å²) in [5.41, 5.74) is 4.01. The van der Waals surface area contributed by atoms with Gasteiger partial charge in [-0.05, 0) is 30.5 Å². The lowest BCUT2D eigenvalue weighted by Gasteiger charge is -2.13. The number of hydrazine groups is 1. The molecule has 2 rings (SSSR count). The number of rotatable bonds is 4. The predicted molar refractivity (Wildman–Crippen MR) is 57.7 cm³/mol. The van der Waals surface area contributed by atoms with Crippen molar-refractivity contribution in [1.82, 2.24) is 5.43 Å². The molecule has 0 saturated heterocycles. The van der Waals surface area contributed by atoms with Crippen molar-refractivity contribution in [2.24, 2.45) is 5.84 Å². The maximum atomic E-state index is 5.44. The Balaban J connectivity index is 2.09. The molecule has 4 nitrogen and oxygen atoms in total. The molecule has 0 spiro atoms. The topological polar surface area (TPSA) is 56.5 Å². The fraction of sp³-hybridized carbons (Fsp3) is 0.455. The number of nitrogens with one attached hydrogen (secondary N) is 1. The zero-order valence-corrected chi connectivity index (χ0v) is 8.82. The van der Waals surface area contributed by atoms with Gasteiger partial charge in [0.1, 0.15) is 0 Å². The Kier molecular flexibility index (Phi) is 3.08. The molecule has 4 heteroatoms. The molecule has 1 aromatic rings. The van der Waals surface area contributed by atoms with Crippen LogP contribution in [0, 0.1) is 0 Å². The first-order valence-electron chi connectivity index (χ1n) is 5.18. The zero-order chi connectivity index (χ0) is 10.7. The van der Waals surface area contributed by atoms with Gasteiger partial charge < -0.3 is 9.47 Å². The quantitative estimate of drug-likeness (QED) is 0.576. The molecule has 0 radical (unpaired) electrons. The van der Waals surface area contributed by atoms with Crippen molar-refractivity contribution in [2.75, 3.05) is 6.79 Å². The third-order valence-electron chi connectivity index (χ3n) is 2.65. The molecule has 0 fully saturated rings. The monoisotopic (exact) mass is 208 g/mol. The van der Waals surface area contributed by atoms with Crippen molar-refractivity contribution < 1.29 is 9.47 Å². The minimum atomic E-state index is 0.311. The van der Waals surface area contributed by atoms with Crippen molar-refractivity contribution >= 4 is 0 Å². The van der Waals surface area contributed by atoms with Crippen molar-refractivity contribution in [2.45, 2.75) is 25.8 Å². The number of benzene rings is 1. The summed E-state index contributed by atoms with van der Waals surface area (Å²) in [6.45, 7) is 2.43. The molecule has 0 amide bonds. The van der Waals surface area contributed by atoms with E-state index in [4.69, 9.17) is 15.3 Å². The molecule has 1 aliphatic rings. The van der Waals surface area contributed by atoms with E-state index in [9.17, 15) is 0 Å². The van der Waals surface area contributed by atoms with E-state index in [2.05, 4.69) is 12.3 Å². The molecule has 0 bridgehead atoms. The van der Waals surface area contributed by atoms with Crippen LogP contribution in [0.3, 0.4) is 0 Å². The summed E-state index contributed by atoms with van der Waals surface area (Å²) >= 11 is 0. The van der Waals surface area contributed by atoms with Gasteiger partial charge in [0.25, 0.3) is 0 Å². The summed E-state index contributed by atoms with van der Waals surface area (Å²) in [5, 5.41) is 0. The Morgan fingerprint density at radius 1 is 1.40 bits per heavy atom. The van der Waals surface area contributed by atoms with Crippen LogP contribution in [-0.2, 0) is 6.42 Å². The van der Waals surface area contributed by atoms with Crippen LogP contribution < -0.4 is 20.7 Å². The van der Waals surface area contributed by atoms with Crippen LogP contribution in [0.5, 0.6) is 11.5 Å². The van der Waals surface area contributed by atoms with Crippen LogP contribution in [0.25, 0.3) is 0 Å². The van der Waals surface area contributed by atoms with Crippen LogP contribution in [0.4, 0.5) is 0 Å². The Morgan fingerprint density at radius 2 is 2.20 bits per heavy atom. The Morgan fingerprint density at radius 3 is 2.93 bits per heavy atom. The van der Waals surface area contributed by atoms with Gasteiger partial charge in [0, 0.05) is 6.04 Å². The van der Waals surface area contributed by atoms with Gasteiger partial charge in [0.15, 0.2) is 11.5 Å². The van der Waals surface area contributed by atoms with E-state index in [1.807, 2.05) is 18.2 Å². The second kappa shape index (κ2) is 4.51. The van der Waals surface area contributed by atoms with Crippen LogP contribution >= 0.6 is 0 Å². The first kappa shape index (κ1) is 10.3. The largest absolute Gasteiger partial charge is 0.454 e. The average molecular weight is 208 g/mol. The molecule has 1 heterocycles. The average Bonchev–Trinajstić information content (AvgIpc) is 2.73. The van der Waals surface area contributed by atoms with E-state index < -0.39 is 0 Å². The molecule has 3 N–H and O–H groups in total. The minimum absolute atomic E-state index is 0.311. The van der Waals surface area contributed by atoms with Gasteiger partial charge in [-0.25, -0.2) is 0 Å². The van der Waals surface area contributed by atoms with Crippen LogP contribution in [-0.4, -0.2) is 12.8 Å². The fourth-order valence-electron chi connectivity index (χ4n) is 1.67. The molecule has 1 unspecified atom stereocenters. The van der Waals surface area contributed by atoms with Crippen LogP contribution in [0.2, 0.25) is 0 Å². The third kappa shape index (κ3) is 2.22. The minimum Gasteiger partial charge on any atom is -0.454 e. The number of fused-ring (bicyclic) bond motifs is 1. The number of nitrogens with two attached hydrogens (primary N) is 1. The maximum Gasteiger partial charge on any atom is 0.231 e. The first-order chi connectivity index (χ1) is 7.33. The maximum absolute atomic E-state index is 5.44. The summed E-state index contributed by atoms with van der Waals surface area (Å²) in [5.74, 6) is 7.10. The number of ether oxygens (including phenoxy) is 2. The summed E-state index contributed by atoms with van der Waals surface area (Å²) < 4.78 is 10.6. The third-order valence-corrected chi connectivity index (χ3v) is 2.65. The van der Waals surface area contributed by atoms with E-state index in [1.165, 1.54) is 5.56 Å². The van der Waals surface area contributed by atoms with Crippen LogP contribution in [0.15, 0.2) is 18.2 Å². The first-order valence-corrected chi connectivity index (χ1v) is 5.18. The van der Waals surface area contributed by atoms with Gasteiger partial charge in [-0.3, -0.25) is 11.3 Å². The van der Waals surface area contributed by atoms with Gasteiger partial charge >= 0.3 is 0 Å². The van der Waals surface area contributed by atoms with Gasteiger partial charge in [0.05, 0.1) is 0 Å². The summed E-state index contributed by atoms with van der Waals surface area (Å²) in [7, 11) is 0. The Hall–Kier alpha value is -1.26. The molecule has 1 aliphatic heterocycles. The highest BCUT2D eigenvalue weighted by Gasteiger charge is 2.14. The molecule has 0 aliphatic carbocycles. The molecule has 1 aromatic carbocycles. The Bertz CT molecular complexity index is 337. The number of hydrogen-bond donors (Lipinski definition) is 2.